The zero-order valence-corrected chi connectivity index (χ0v) is 23.4. The topological polar surface area (TPSA) is 96.0 Å². The molecule has 0 aliphatic carbocycles. The molecule has 0 saturated heterocycles. The van der Waals surface area contributed by atoms with Crippen molar-refractivity contribution in [2.75, 3.05) is 24.5 Å². The minimum Gasteiger partial charge on any atom is -0.494 e. The van der Waals surface area contributed by atoms with Gasteiger partial charge in [-0.2, -0.15) is 0 Å². The molecule has 0 heterocycles. The van der Waals surface area contributed by atoms with Crippen LogP contribution in [0.1, 0.15) is 25.0 Å². The van der Waals surface area contributed by atoms with Gasteiger partial charge in [0.2, 0.25) is 11.8 Å². The number of hydrogen-bond acceptors (Lipinski definition) is 5. The summed E-state index contributed by atoms with van der Waals surface area (Å²) in [5, 5.41) is 3.05. The number of rotatable bonds is 11. The molecular weight excluding hydrogens is 526 g/mol. The first-order valence-electron chi connectivity index (χ1n) is 12.1. The molecule has 10 heteroatoms. The fraction of sp³-hybridized carbons (Fsp3) is 0.286. The van der Waals surface area contributed by atoms with Gasteiger partial charge in [-0.15, -0.1) is 0 Å². The third-order valence-electron chi connectivity index (χ3n) is 5.98. The Morgan fingerprint density at radius 2 is 1.68 bits per heavy atom. The fourth-order valence-electron chi connectivity index (χ4n) is 3.87. The number of benzene rings is 3. The highest BCUT2D eigenvalue weighted by molar-refractivity contribution is 7.92. The van der Waals surface area contributed by atoms with Crippen molar-refractivity contribution in [3.63, 3.8) is 0 Å². The Labute approximate surface area is 229 Å². The Hall–Kier alpha value is -3.56. The van der Waals surface area contributed by atoms with Crippen LogP contribution in [0.25, 0.3) is 0 Å². The summed E-state index contributed by atoms with van der Waals surface area (Å²) in [6.07, 6.45) is 0. The molecule has 0 spiro atoms. The first kappa shape index (κ1) is 29.0. The number of nitrogens with zero attached hydrogens (tertiary/aromatic N) is 2. The maximum Gasteiger partial charge on any atom is 0.264 e. The second kappa shape index (κ2) is 12.8. The highest BCUT2D eigenvalue weighted by Gasteiger charge is 2.32. The largest absolute Gasteiger partial charge is 0.494 e. The summed E-state index contributed by atoms with van der Waals surface area (Å²) in [5.41, 5.74) is 1.97. The van der Waals surface area contributed by atoms with Crippen LogP contribution in [0.3, 0.4) is 0 Å². The predicted molar refractivity (Wildman–Crippen MR) is 149 cm³/mol. The molecular formula is C28H32ClN3O5S. The second-order valence-corrected chi connectivity index (χ2v) is 11.0. The quantitative estimate of drug-likeness (QED) is 0.377. The lowest BCUT2D eigenvalue weighted by molar-refractivity contribution is -0.139. The normalized spacial score (nSPS) is 11.9. The molecule has 2 amide bonds. The van der Waals surface area contributed by atoms with E-state index in [2.05, 4.69) is 5.32 Å². The molecule has 0 aliphatic heterocycles. The van der Waals surface area contributed by atoms with Gasteiger partial charge in [0.05, 0.1) is 17.2 Å². The Kier molecular flexibility index (Phi) is 9.77. The van der Waals surface area contributed by atoms with E-state index in [4.69, 9.17) is 16.3 Å². The number of ether oxygens (including phenoxy) is 1. The molecule has 0 bridgehead atoms. The highest BCUT2D eigenvalue weighted by atomic mass is 35.5. The summed E-state index contributed by atoms with van der Waals surface area (Å²) in [5.74, 6) is -0.385. The lowest BCUT2D eigenvalue weighted by atomic mass is 10.1. The molecule has 1 atom stereocenters. The maximum atomic E-state index is 13.8. The van der Waals surface area contributed by atoms with E-state index in [-0.39, 0.29) is 17.3 Å². The van der Waals surface area contributed by atoms with Crippen LogP contribution < -0.4 is 14.4 Å². The van der Waals surface area contributed by atoms with Crippen LogP contribution >= 0.6 is 11.6 Å². The van der Waals surface area contributed by atoms with E-state index in [9.17, 15) is 18.0 Å². The molecule has 0 fully saturated rings. The SMILES string of the molecule is CCOc1ccc(S(=O)(=O)N(CC(=O)N(Cc2cccc(Cl)c2)[C@H](C)C(=O)NC)c2ccc(C)cc2)cc1. The first-order chi connectivity index (χ1) is 18.1. The van der Waals surface area contributed by atoms with Crippen LogP contribution in [0, 0.1) is 6.92 Å². The number of likely N-dealkylation sites (N-methyl/N-ethyl adjacent to an activating group) is 1. The number of halogens is 1. The molecule has 0 saturated carbocycles. The van der Waals surface area contributed by atoms with E-state index >= 15 is 0 Å². The summed E-state index contributed by atoms with van der Waals surface area (Å²) in [4.78, 5) is 27.6. The Morgan fingerprint density at radius 1 is 1.03 bits per heavy atom. The van der Waals surface area contributed by atoms with E-state index in [1.54, 1.807) is 67.6 Å². The molecule has 3 rings (SSSR count). The standard InChI is InChI=1S/C28H32ClN3O5S/c1-5-37-25-13-15-26(16-14-25)38(35,36)32(24-11-9-20(2)10-12-24)19-27(33)31(21(3)28(34)30-4)18-22-7-6-8-23(29)17-22/h6-17,21H,5,18-19H2,1-4H3,(H,30,34)/t21-/m1/s1. The van der Waals surface area contributed by atoms with Gasteiger partial charge in [-0.1, -0.05) is 41.4 Å². The Morgan fingerprint density at radius 3 is 2.26 bits per heavy atom. The number of nitrogens with one attached hydrogen (secondary N) is 1. The molecule has 0 radical (unpaired) electrons. The molecule has 1 N–H and O–H groups in total. The van der Waals surface area contributed by atoms with Crippen molar-refractivity contribution in [3.8, 4) is 5.75 Å². The van der Waals surface area contributed by atoms with Gasteiger partial charge in [-0.25, -0.2) is 8.42 Å². The summed E-state index contributed by atoms with van der Waals surface area (Å²) in [7, 11) is -2.67. The molecule has 8 nitrogen and oxygen atoms in total. The summed E-state index contributed by atoms with van der Waals surface area (Å²) in [6.45, 7) is 5.32. The van der Waals surface area contributed by atoms with Crippen LogP contribution in [-0.2, 0) is 26.2 Å². The van der Waals surface area contributed by atoms with Gasteiger partial charge in [0, 0.05) is 18.6 Å². The monoisotopic (exact) mass is 557 g/mol. The van der Waals surface area contributed by atoms with Gasteiger partial charge in [-0.3, -0.25) is 13.9 Å². The van der Waals surface area contributed by atoms with E-state index in [1.165, 1.54) is 24.1 Å². The highest BCUT2D eigenvalue weighted by Crippen LogP contribution is 2.26. The number of aryl methyl sites for hydroxylation is 1. The number of carbonyl (C=O) groups is 2. The lowest BCUT2D eigenvalue weighted by Crippen LogP contribution is -2.50. The van der Waals surface area contributed by atoms with Crippen molar-refractivity contribution < 1.29 is 22.7 Å². The second-order valence-electron chi connectivity index (χ2n) is 8.69. The fourth-order valence-corrected chi connectivity index (χ4v) is 5.49. The van der Waals surface area contributed by atoms with Crippen LogP contribution in [0.4, 0.5) is 5.69 Å². The Balaban J connectivity index is 2.01. The maximum absolute atomic E-state index is 13.8. The zero-order chi connectivity index (χ0) is 27.9. The number of hydrogen-bond donors (Lipinski definition) is 1. The number of amides is 2. The van der Waals surface area contributed by atoms with Gasteiger partial charge >= 0.3 is 0 Å². The smallest absolute Gasteiger partial charge is 0.264 e. The van der Waals surface area contributed by atoms with Gasteiger partial charge in [-0.05, 0) is 74.9 Å². The van der Waals surface area contributed by atoms with Crippen molar-refractivity contribution >= 4 is 39.1 Å². The average Bonchev–Trinajstić information content (AvgIpc) is 2.90. The van der Waals surface area contributed by atoms with Crippen LogP contribution in [-0.4, -0.2) is 51.4 Å². The van der Waals surface area contributed by atoms with Crippen LogP contribution in [0.15, 0.2) is 77.7 Å². The molecule has 38 heavy (non-hydrogen) atoms. The van der Waals surface area contributed by atoms with E-state index in [1.807, 2.05) is 13.8 Å². The summed E-state index contributed by atoms with van der Waals surface area (Å²) < 4.78 is 34.1. The van der Waals surface area contributed by atoms with Crippen molar-refractivity contribution in [2.45, 2.75) is 38.3 Å². The number of anilines is 1. The molecule has 0 unspecified atom stereocenters. The van der Waals surface area contributed by atoms with Crippen molar-refractivity contribution in [2.24, 2.45) is 0 Å². The van der Waals surface area contributed by atoms with E-state index in [0.29, 0.717) is 28.6 Å². The average molecular weight is 558 g/mol. The van der Waals surface area contributed by atoms with Gasteiger partial charge < -0.3 is 15.0 Å². The predicted octanol–water partition coefficient (Wildman–Crippen LogP) is 4.41. The molecule has 0 aromatic heterocycles. The Bertz CT molecular complexity index is 1360. The molecule has 3 aromatic carbocycles. The van der Waals surface area contributed by atoms with Crippen LogP contribution in [0.5, 0.6) is 5.75 Å². The number of carbonyl (C=O) groups excluding carboxylic acids is 2. The third kappa shape index (κ3) is 7.05. The van der Waals surface area contributed by atoms with Crippen molar-refractivity contribution in [1.29, 1.82) is 0 Å². The van der Waals surface area contributed by atoms with Gasteiger partial charge in [0.25, 0.3) is 10.0 Å². The summed E-state index contributed by atoms with van der Waals surface area (Å²) >= 11 is 6.13. The molecule has 202 valence electrons. The zero-order valence-electron chi connectivity index (χ0n) is 21.8. The first-order valence-corrected chi connectivity index (χ1v) is 14.0. The van der Waals surface area contributed by atoms with Crippen molar-refractivity contribution in [1.82, 2.24) is 10.2 Å². The minimum atomic E-state index is -4.15. The van der Waals surface area contributed by atoms with E-state index < -0.39 is 28.5 Å². The van der Waals surface area contributed by atoms with Crippen molar-refractivity contribution in [3.05, 3.63) is 88.9 Å². The van der Waals surface area contributed by atoms with Crippen LogP contribution in [0.2, 0.25) is 5.02 Å². The summed E-state index contributed by atoms with van der Waals surface area (Å²) in [6, 6.07) is 19.0. The third-order valence-corrected chi connectivity index (χ3v) is 8.00. The minimum absolute atomic E-state index is 0.00932. The molecule has 0 aliphatic rings. The lowest BCUT2D eigenvalue weighted by Gasteiger charge is -2.31. The molecule has 3 aromatic rings. The number of sulfonamides is 1. The van der Waals surface area contributed by atoms with E-state index in [0.717, 1.165) is 9.87 Å². The van der Waals surface area contributed by atoms with Gasteiger partial charge in [0.15, 0.2) is 0 Å². The van der Waals surface area contributed by atoms with Gasteiger partial charge in [0.1, 0.15) is 18.3 Å².